The number of nitrogens with zero attached hydrogens (tertiary/aromatic N) is 2. The summed E-state index contributed by atoms with van der Waals surface area (Å²) in [4.78, 5) is 22.8. The standard InChI is InChI=1S/C5H7N3O4.H3N/c6-3(5(10)11)2-12-4(9)1-8-7;/h1,3H,2,6H2,(H,10,11);1H3/t3-;/m0./s1. The van der Waals surface area contributed by atoms with Crippen molar-refractivity contribution < 1.29 is 24.2 Å². The smallest absolute Gasteiger partial charge is 0.413 e. The second kappa shape index (κ2) is 6.92. The summed E-state index contributed by atoms with van der Waals surface area (Å²) in [5, 5.41) is 8.23. The van der Waals surface area contributed by atoms with Crippen LogP contribution >= 0.6 is 0 Å². The molecule has 0 bridgehead atoms. The number of ether oxygens (including phenoxy) is 1. The number of hydrogen-bond acceptors (Lipinski definition) is 5. The van der Waals surface area contributed by atoms with Crippen molar-refractivity contribution in [3.05, 3.63) is 5.53 Å². The summed E-state index contributed by atoms with van der Waals surface area (Å²) in [6.07, 6.45) is 0.495. The molecule has 0 aromatic rings. The summed E-state index contributed by atoms with van der Waals surface area (Å²) in [7, 11) is 0. The van der Waals surface area contributed by atoms with Crippen LogP contribution in [0.25, 0.3) is 5.53 Å². The van der Waals surface area contributed by atoms with Crippen LogP contribution in [-0.4, -0.2) is 40.7 Å². The largest absolute Gasteiger partial charge is 0.480 e. The second-order valence-electron chi connectivity index (χ2n) is 1.82. The molecule has 13 heavy (non-hydrogen) atoms. The number of nitrogens with two attached hydrogens (primary N) is 1. The highest BCUT2D eigenvalue weighted by Crippen LogP contribution is 1.81. The van der Waals surface area contributed by atoms with Crippen molar-refractivity contribution in [1.82, 2.24) is 6.15 Å². The number of carboxylic acids is 1. The van der Waals surface area contributed by atoms with Crippen molar-refractivity contribution in [2.45, 2.75) is 6.04 Å². The van der Waals surface area contributed by atoms with Gasteiger partial charge in [-0.1, -0.05) is 0 Å². The highest BCUT2D eigenvalue weighted by atomic mass is 16.5. The average Bonchev–Trinajstić information content (AvgIpc) is 2.00. The van der Waals surface area contributed by atoms with Gasteiger partial charge in [0, 0.05) is 0 Å². The van der Waals surface area contributed by atoms with E-state index in [0.29, 0.717) is 6.21 Å². The molecule has 0 radical (unpaired) electrons. The topological polar surface area (TPSA) is 161 Å². The number of rotatable bonds is 4. The Morgan fingerprint density at radius 2 is 2.23 bits per heavy atom. The van der Waals surface area contributed by atoms with Gasteiger partial charge >= 0.3 is 18.2 Å². The van der Waals surface area contributed by atoms with Crippen LogP contribution in [-0.2, 0) is 14.3 Å². The van der Waals surface area contributed by atoms with E-state index in [0.717, 1.165) is 0 Å². The van der Waals surface area contributed by atoms with Crippen molar-refractivity contribution >= 4 is 18.2 Å². The first kappa shape index (κ1) is 13.8. The normalized spacial score (nSPS) is 10.2. The average molecular weight is 190 g/mol. The van der Waals surface area contributed by atoms with Gasteiger partial charge in [0.1, 0.15) is 12.6 Å². The van der Waals surface area contributed by atoms with E-state index >= 15 is 0 Å². The molecule has 74 valence electrons. The Morgan fingerprint density at radius 1 is 1.69 bits per heavy atom. The second-order valence-corrected chi connectivity index (χ2v) is 1.82. The molecule has 0 spiro atoms. The van der Waals surface area contributed by atoms with Gasteiger partial charge < -0.3 is 27.3 Å². The Balaban J connectivity index is 0. The highest BCUT2D eigenvalue weighted by Gasteiger charge is 2.14. The maximum atomic E-state index is 10.4. The highest BCUT2D eigenvalue weighted by molar-refractivity contribution is 6.20. The zero-order valence-electron chi connectivity index (χ0n) is 6.71. The molecule has 0 rings (SSSR count). The molecule has 0 saturated heterocycles. The molecule has 0 aliphatic heterocycles. The maximum Gasteiger partial charge on any atom is 0.413 e. The van der Waals surface area contributed by atoms with Crippen LogP contribution in [0.3, 0.4) is 0 Å². The lowest BCUT2D eigenvalue weighted by Crippen LogP contribution is -2.35. The number of carbonyl (C=O) groups excluding carboxylic acids is 1. The van der Waals surface area contributed by atoms with Gasteiger partial charge in [-0.25, -0.2) is 4.79 Å². The van der Waals surface area contributed by atoms with Crippen LogP contribution in [0.5, 0.6) is 0 Å². The third-order valence-electron chi connectivity index (χ3n) is 0.885. The summed E-state index contributed by atoms with van der Waals surface area (Å²) in [6.45, 7) is -0.458. The fraction of sp³-hybridized carbons (Fsp3) is 0.400. The zero-order valence-corrected chi connectivity index (χ0v) is 6.71. The zero-order chi connectivity index (χ0) is 9.56. The molecular weight excluding hydrogens is 180 g/mol. The number of carboxylic acid groups (broad SMARTS) is 1. The van der Waals surface area contributed by atoms with Crippen molar-refractivity contribution in [2.24, 2.45) is 5.73 Å². The minimum absolute atomic E-state index is 0. The Bertz CT molecular complexity index is 235. The maximum absolute atomic E-state index is 10.4. The van der Waals surface area contributed by atoms with Crippen molar-refractivity contribution in [3.63, 3.8) is 0 Å². The van der Waals surface area contributed by atoms with Gasteiger partial charge in [0.05, 0.1) is 0 Å². The van der Waals surface area contributed by atoms with E-state index in [1.807, 2.05) is 0 Å². The molecule has 0 fully saturated rings. The molecule has 0 aliphatic carbocycles. The molecule has 0 unspecified atom stereocenters. The summed E-state index contributed by atoms with van der Waals surface area (Å²) in [5.74, 6) is -2.22. The fourth-order valence-corrected chi connectivity index (χ4v) is 0.328. The Labute approximate surface area is 73.5 Å². The first-order chi connectivity index (χ1) is 5.57. The fourth-order valence-electron chi connectivity index (χ4n) is 0.328. The summed E-state index contributed by atoms with van der Waals surface area (Å²) < 4.78 is 4.25. The van der Waals surface area contributed by atoms with E-state index in [9.17, 15) is 9.59 Å². The molecule has 0 amide bonds. The molecule has 0 aromatic heterocycles. The predicted octanol–water partition coefficient (Wildman–Crippen LogP) is -1.60. The van der Waals surface area contributed by atoms with Gasteiger partial charge in [-0.05, 0) is 0 Å². The minimum atomic E-state index is -1.27. The van der Waals surface area contributed by atoms with E-state index in [2.05, 4.69) is 9.53 Å². The molecule has 1 atom stereocenters. The van der Waals surface area contributed by atoms with Crippen LogP contribution in [0, 0.1) is 0 Å². The van der Waals surface area contributed by atoms with Gasteiger partial charge in [-0.2, -0.15) is 4.79 Å². The lowest BCUT2D eigenvalue weighted by molar-refractivity contribution is -0.144. The summed E-state index contributed by atoms with van der Waals surface area (Å²) >= 11 is 0. The number of carbonyl (C=O) groups is 2. The van der Waals surface area contributed by atoms with Gasteiger partial charge in [0.15, 0.2) is 0 Å². The Hall–Kier alpha value is -1.76. The van der Waals surface area contributed by atoms with E-state index in [-0.39, 0.29) is 6.15 Å². The van der Waals surface area contributed by atoms with E-state index in [4.69, 9.17) is 16.4 Å². The molecule has 0 saturated carbocycles. The molecular formula is C5H10N4O4. The van der Waals surface area contributed by atoms with E-state index in [1.165, 1.54) is 0 Å². The van der Waals surface area contributed by atoms with Crippen molar-refractivity contribution in [2.75, 3.05) is 6.61 Å². The predicted molar refractivity (Wildman–Crippen MR) is 41.3 cm³/mol. The van der Waals surface area contributed by atoms with Crippen LogP contribution < -0.4 is 11.9 Å². The molecule has 6 N–H and O–H groups in total. The van der Waals surface area contributed by atoms with Gasteiger partial charge in [0.25, 0.3) is 0 Å². The monoisotopic (exact) mass is 190 g/mol. The first-order valence-electron chi connectivity index (χ1n) is 2.90. The minimum Gasteiger partial charge on any atom is -0.480 e. The number of hydrogen-bond donors (Lipinski definition) is 3. The van der Waals surface area contributed by atoms with Crippen LogP contribution in [0.4, 0.5) is 0 Å². The Morgan fingerprint density at radius 3 is 2.62 bits per heavy atom. The third-order valence-corrected chi connectivity index (χ3v) is 0.885. The number of aliphatic carboxylic acids is 1. The summed E-state index contributed by atoms with van der Waals surface area (Å²) in [5.41, 5.74) is 12.8. The quantitative estimate of drug-likeness (QED) is 0.209. The molecule has 0 aromatic carbocycles. The van der Waals surface area contributed by atoms with Crippen molar-refractivity contribution in [3.8, 4) is 0 Å². The summed E-state index contributed by atoms with van der Waals surface area (Å²) in [6, 6.07) is -1.26. The van der Waals surface area contributed by atoms with Gasteiger partial charge in [-0.3, -0.25) is 4.79 Å². The molecule has 8 nitrogen and oxygen atoms in total. The SMILES string of the molecule is N.[N-]=[N+]=CC(=O)OC[C@H](N)C(=O)O. The lowest BCUT2D eigenvalue weighted by Gasteiger charge is -2.03. The van der Waals surface area contributed by atoms with Crippen LogP contribution in [0.15, 0.2) is 0 Å². The molecule has 8 heteroatoms. The number of esters is 1. The molecule has 0 aliphatic rings. The third kappa shape index (κ3) is 6.63. The van der Waals surface area contributed by atoms with Gasteiger partial charge in [0.2, 0.25) is 0 Å². The molecule has 0 heterocycles. The van der Waals surface area contributed by atoms with Crippen LogP contribution in [0.2, 0.25) is 0 Å². The van der Waals surface area contributed by atoms with Crippen molar-refractivity contribution in [1.29, 1.82) is 0 Å². The first-order valence-corrected chi connectivity index (χ1v) is 2.90. The van der Waals surface area contributed by atoms with Crippen LogP contribution in [0.1, 0.15) is 0 Å². The van der Waals surface area contributed by atoms with Gasteiger partial charge in [-0.15, -0.1) is 0 Å². The Kier molecular flexibility index (Phi) is 7.35. The van der Waals surface area contributed by atoms with E-state index < -0.39 is 24.6 Å². The van der Waals surface area contributed by atoms with E-state index in [1.54, 1.807) is 0 Å². The lowest BCUT2D eigenvalue weighted by atomic mass is 10.3.